The number of benzene rings is 2. The molecule has 23 heavy (non-hydrogen) atoms. The fraction of sp³-hybridized carbons (Fsp3) is 0.200. The van der Waals surface area contributed by atoms with E-state index < -0.39 is 0 Å². The quantitative estimate of drug-likeness (QED) is 0.287. The molecule has 2 bridgehead atoms. The standard InChI is InChI=1S/C20H13I3/c21-10-1-4-13-16(7-10)20-17-8-11(22)2-5-14(17)19(13)15-6-3-12(23)9-18(15)20/h1-9,13,16,19-20H. The van der Waals surface area contributed by atoms with E-state index in [1.54, 1.807) is 22.3 Å². The van der Waals surface area contributed by atoms with Gasteiger partial charge >= 0.3 is 0 Å². The van der Waals surface area contributed by atoms with Gasteiger partial charge in [-0.1, -0.05) is 30.4 Å². The van der Waals surface area contributed by atoms with Crippen LogP contribution in [0.25, 0.3) is 0 Å². The van der Waals surface area contributed by atoms with Crippen LogP contribution in [0.15, 0.2) is 58.2 Å². The van der Waals surface area contributed by atoms with E-state index in [0.717, 1.165) is 0 Å². The monoisotopic (exact) mass is 634 g/mol. The average Bonchev–Trinajstić information content (AvgIpc) is 2.53. The highest BCUT2D eigenvalue weighted by Gasteiger charge is 2.48. The summed E-state index contributed by atoms with van der Waals surface area (Å²) in [5, 5.41) is 0. The second-order valence-corrected chi connectivity index (χ2v) is 10.3. The molecule has 0 radical (unpaired) electrons. The summed E-state index contributed by atoms with van der Waals surface area (Å²) in [5.74, 6) is 2.24. The second kappa shape index (κ2) is 5.56. The highest BCUT2D eigenvalue weighted by molar-refractivity contribution is 14.1. The summed E-state index contributed by atoms with van der Waals surface area (Å²) < 4.78 is 4.08. The summed E-state index contributed by atoms with van der Waals surface area (Å²) in [6.07, 6.45) is 7.28. The molecule has 2 atom stereocenters. The molecule has 0 aliphatic heterocycles. The first-order valence-corrected chi connectivity index (χ1v) is 11.0. The van der Waals surface area contributed by atoms with E-state index in [1.165, 1.54) is 10.7 Å². The predicted octanol–water partition coefficient (Wildman–Crippen LogP) is 6.61. The lowest BCUT2D eigenvalue weighted by molar-refractivity contribution is 0.331. The van der Waals surface area contributed by atoms with Crippen LogP contribution in [0.3, 0.4) is 0 Å². The number of hydrogen-bond acceptors (Lipinski definition) is 0. The molecule has 4 aliphatic carbocycles. The molecule has 6 rings (SSSR count). The average molecular weight is 634 g/mol. The Morgan fingerprint density at radius 3 is 1.83 bits per heavy atom. The molecular weight excluding hydrogens is 621 g/mol. The molecule has 0 nitrogen and oxygen atoms in total. The molecule has 0 fully saturated rings. The second-order valence-electron chi connectivity index (χ2n) is 6.57. The van der Waals surface area contributed by atoms with Gasteiger partial charge in [0.15, 0.2) is 0 Å². The van der Waals surface area contributed by atoms with Gasteiger partial charge in [-0.2, -0.15) is 0 Å². The first-order valence-electron chi connectivity index (χ1n) is 7.78. The van der Waals surface area contributed by atoms with Crippen LogP contribution in [0, 0.1) is 19.0 Å². The van der Waals surface area contributed by atoms with Crippen LogP contribution in [0.4, 0.5) is 0 Å². The van der Waals surface area contributed by atoms with Crippen LogP contribution < -0.4 is 0 Å². The van der Waals surface area contributed by atoms with Gasteiger partial charge in [-0.15, -0.1) is 0 Å². The summed E-state index contributed by atoms with van der Waals surface area (Å²) >= 11 is 7.38. The van der Waals surface area contributed by atoms with Crippen LogP contribution in [-0.4, -0.2) is 0 Å². The lowest BCUT2D eigenvalue weighted by Gasteiger charge is -2.50. The van der Waals surface area contributed by atoms with Crippen LogP contribution in [0.2, 0.25) is 0 Å². The minimum absolute atomic E-state index is 0.508. The normalized spacial score (nSPS) is 29.6. The summed E-state index contributed by atoms with van der Waals surface area (Å²) in [5.41, 5.74) is 6.24. The largest absolute Gasteiger partial charge is 0.0788 e. The highest BCUT2D eigenvalue weighted by atomic mass is 127. The lowest BCUT2D eigenvalue weighted by atomic mass is 9.53. The third kappa shape index (κ3) is 2.25. The molecule has 0 aromatic heterocycles. The van der Waals surface area contributed by atoms with Crippen molar-refractivity contribution in [1.82, 2.24) is 0 Å². The smallest absolute Gasteiger partial charge is 0.0165 e. The van der Waals surface area contributed by atoms with Crippen molar-refractivity contribution in [2.24, 2.45) is 11.8 Å². The Kier molecular flexibility index (Phi) is 3.71. The molecular formula is C20H13I3. The van der Waals surface area contributed by atoms with E-state index in [0.29, 0.717) is 23.7 Å². The molecule has 0 N–H and O–H groups in total. The molecule has 2 aromatic rings. The summed E-state index contributed by atoms with van der Waals surface area (Å²) in [6.45, 7) is 0. The molecule has 4 aliphatic rings. The fourth-order valence-electron chi connectivity index (χ4n) is 4.69. The Morgan fingerprint density at radius 1 is 0.652 bits per heavy atom. The third-order valence-electron chi connectivity index (χ3n) is 5.48. The van der Waals surface area contributed by atoms with Gasteiger partial charge in [-0.25, -0.2) is 0 Å². The van der Waals surface area contributed by atoms with Crippen molar-refractivity contribution in [1.29, 1.82) is 0 Å². The van der Waals surface area contributed by atoms with Crippen LogP contribution in [-0.2, 0) is 0 Å². The van der Waals surface area contributed by atoms with Crippen LogP contribution in [0.5, 0.6) is 0 Å². The maximum absolute atomic E-state index is 2.51. The number of halogens is 3. The van der Waals surface area contributed by atoms with E-state index in [2.05, 4.69) is 122 Å². The minimum Gasteiger partial charge on any atom is -0.0788 e. The topological polar surface area (TPSA) is 0 Å². The first kappa shape index (κ1) is 15.4. The Morgan fingerprint density at radius 2 is 1.22 bits per heavy atom. The maximum Gasteiger partial charge on any atom is 0.0165 e. The molecule has 0 saturated carbocycles. The van der Waals surface area contributed by atoms with Gasteiger partial charge < -0.3 is 0 Å². The van der Waals surface area contributed by atoms with Gasteiger partial charge in [-0.05, 0) is 126 Å². The van der Waals surface area contributed by atoms with Gasteiger partial charge in [0.2, 0.25) is 0 Å². The molecule has 0 spiro atoms. The van der Waals surface area contributed by atoms with Crippen molar-refractivity contribution in [3.8, 4) is 0 Å². The molecule has 2 unspecified atom stereocenters. The third-order valence-corrected chi connectivity index (χ3v) is 7.54. The minimum atomic E-state index is 0.508. The van der Waals surface area contributed by atoms with Crippen molar-refractivity contribution < 1.29 is 0 Å². The first-order chi connectivity index (χ1) is 11.1. The van der Waals surface area contributed by atoms with Crippen molar-refractivity contribution in [3.05, 3.63) is 87.6 Å². The Hall–Kier alpha value is 0.110. The van der Waals surface area contributed by atoms with E-state index in [1.807, 2.05) is 0 Å². The summed E-state index contributed by atoms with van der Waals surface area (Å²) in [4.78, 5) is 0. The van der Waals surface area contributed by atoms with Gasteiger partial charge in [0.1, 0.15) is 0 Å². The van der Waals surface area contributed by atoms with E-state index in [-0.39, 0.29) is 0 Å². The van der Waals surface area contributed by atoms with Crippen molar-refractivity contribution in [3.63, 3.8) is 0 Å². The maximum atomic E-state index is 2.51. The Bertz CT molecular complexity index is 840. The van der Waals surface area contributed by atoms with Gasteiger partial charge in [-0.3, -0.25) is 0 Å². The summed E-state index contributed by atoms with van der Waals surface area (Å²) in [6, 6.07) is 14.1. The number of allylic oxidation sites excluding steroid dienone is 4. The Labute approximate surface area is 177 Å². The van der Waals surface area contributed by atoms with Crippen molar-refractivity contribution in [2.75, 3.05) is 0 Å². The zero-order chi connectivity index (χ0) is 15.7. The predicted molar refractivity (Wildman–Crippen MR) is 120 cm³/mol. The van der Waals surface area contributed by atoms with E-state index in [9.17, 15) is 0 Å². The van der Waals surface area contributed by atoms with Crippen molar-refractivity contribution >= 4 is 67.8 Å². The van der Waals surface area contributed by atoms with E-state index in [4.69, 9.17) is 0 Å². The molecule has 0 saturated heterocycles. The number of rotatable bonds is 0. The van der Waals surface area contributed by atoms with Gasteiger partial charge in [0.05, 0.1) is 0 Å². The Balaban J connectivity index is 1.84. The van der Waals surface area contributed by atoms with Crippen LogP contribution in [0.1, 0.15) is 34.1 Å². The lowest BCUT2D eigenvalue weighted by Crippen LogP contribution is -2.39. The molecule has 0 amide bonds. The van der Waals surface area contributed by atoms with Crippen LogP contribution >= 0.6 is 67.8 Å². The van der Waals surface area contributed by atoms with Gasteiger partial charge in [0.25, 0.3) is 0 Å². The number of hydrogen-bond donors (Lipinski definition) is 0. The van der Waals surface area contributed by atoms with Gasteiger partial charge in [0, 0.05) is 22.6 Å². The molecule has 2 aromatic carbocycles. The zero-order valence-electron chi connectivity index (χ0n) is 12.1. The molecule has 3 heteroatoms. The van der Waals surface area contributed by atoms with E-state index >= 15 is 0 Å². The summed E-state index contributed by atoms with van der Waals surface area (Å²) in [7, 11) is 0. The highest BCUT2D eigenvalue weighted by Crippen LogP contribution is 2.60. The molecule has 114 valence electrons. The SMILES string of the molecule is IC1=CC2C3c4cc(I)ccc4C(c4ccc(I)cc43)C2C=C1. The molecule has 0 heterocycles. The zero-order valence-corrected chi connectivity index (χ0v) is 18.6. The van der Waals surface area contributed by atoms with Crippen molar-refractivity contribution in [2.45, 2.75) is 11.8 Å². The fourth-order valence-corrected chi connectivity index (χ4v) is 6.35.